The number of methoxy groups -OCH3 is 1. The van der Waals surface area contributed by atoms with Crippen LogP contribution in [0.4, 0.5) is 17.5 Å². The van der Waals surface area contributed by atoms with E-state index < -0.39 is 0 Å². The molecule has 6 heteroatoms. The summed E-state index contributed by atoms with van der Waals surface area (Å²) < 4.78 is 5.27. The zero-order valence-electron chi connectivity index (χ0n) is 14.6. The molecule has 0 saturated carbocycles. The summed E-state index contributed by atoms with van der Waals surface area (Å²) >= 11 is 0. The van der Waals surface area contributed by atoms with Crippen LogP contribution in [0.5, 0.6) is 5.75 Å². The van der Waals surface area contributed by atoms with Gasteiger partial charge in [0.05, 0.1) is 7.11 Å². The number of aryl methyl sites for hydroxylation is 1. The molecule has 1 aromatic heterocycles. The molecule has 6 nitrogen and oxygen atoms in total. The predicted octanol–water partition coefficient (Wildman–Crippen LogP) is 2.68. The summed E-state index contributed by atoms with van der Waals surface area (Å²) in [6.07, 6.45) is 0. The lowest BCUT2D eigenvalue weighted by molar-refractivity contribution is 0.270. The third-order valence-electron chi connectivity index (χ3n) is 4.29. The van der Waals surface area contributed by atoms with Gasteiger partial charge < -0.3 is 19.9 Å². The molecule has 0 bridgehead atoms. The molecule has 1 fully saturated rings. The Labute approximate surface area is 143 Å². The van der Waals surface area contributed by atoms with Gasteiger partial charge in [0.1, 0.15) is 11.6 Å². The lowest BCUT2D eigenvalue weighted by Gasteiger charge is -2.34. The minimum atomic E-state index is 0.802. The zero-order valence-corrected chi connectivity index (χ0v) is 14.6. The van der Waals surface area contributed by atoms with Crippen molar-refractivity contribution in [2.24, 2.45) is 0 Å². The molecule has 0 spiro atoms. The van der Waals surface area contributed by atoms with E-state index in [9.17, 15) is 0 Å². The number of aromatic nitrogens is 2. The highest BCUT2D eigenvalue weighted by atomic mass is 16.5. The smallest absolute Gasteiger partial charge is 0.227 e. The molecule has 0 atom stereocenters. The van der Waals surface area contributed by atoms with E-state index in [0.717, 1.165) is 61.6 Å². The summed E-state index contributed by atoms with van der Waals surface area (Å²) in [5, 5.41) is 3.35. The molecule has 3 rings (SSSR count). The van der Waals surface area contributed by atoms with Crippen LogP contribution in [0.2, 0.25) is 0 Å². The fraction of sp³-hybridized carbons (Fsp3) is 0.444. The Bertz CT molecular complexity index is 683. The lowest BCUT2D eigenvalue weighted by atomic mass is 10.3. The van der Waals surface area contributed by atoms with Gasteiger partial charge in [-0.25, -0.2) is 4.98 Å². The number of nitrogens with one attached hydrogen (secondary N) is 1. The molecule has 1 N–H and O–H groups in total. The largest absolute Gasteiger partial charge is 0.497 e. The van der Waals surface area contributed by atoms with Crippen molar-refractivity contribution in [2.45, 2.75) is 13.8 Å². The first-order valence-electron chi connectivity index (χ1n) is 8.42. The van der Waals surface area contributed by atoms with Crippen molar-refractivity contribution < 1.29 is 4.74 Å². The van der Waals surface area contributed by atoms with E-state index in [2.05, 4.69) is 27.0 Å². The highest BCUT2D eigenvalue weighted by molar-refractivity contribution is 5.59. The Kier molecular flexibility index (Phi) is 5.15. The van der Waals surface area contributed by atoms with Crippen molar-refractivity contribution in [3.63, 3.8) is 0 Å². The Morgan fingerprint density at radius 3 is 2.62 bits per heavy atom. The lowest BCUT2D eigenvalue weighted by Crippen LogP contribution is -2.46. The number of ether oxygens (including phenoxy) is 1. The molecular formula is C18H25N5O. The van der Waals surface area contributed by atoms with Gasteiger partial charge in [0.15, 0.2) is 0 Å². The monoisotopic (exact) mass is 327 g/mol. The van der Waals surface area contributed by atoms with Crippen molar-refractivity contribution in [2.75, 3.05) is 50.1 Å². The third kappa shape index (κ3) is 3.94. The fourth-order valence-corrected chi connectivity index (χ4v) is 2.87. The number of likely N-dealkylation sites (N-methyl/N-ethyl adjacent to an activating group) is 1. The number of hydrogen-bond donors (Lipinski definition) is 1. The summed E-state index contributed by atoms with van der Waals surface area (Å²) in [6, 6.07) is 9.80. The van der Waals surface area contributed by atoms with Crippen LogP contribution in [-0.4, -0.2) is 54.7 Å². The van der Waals surface area contributed by atoms with Gasteiger partial charge in [0.25, 0.3) is 0 Å². The van der Waals surface area contributed by atoms with Crippen LogP contribution < -0.4 is 15.0 Å². The molecule has 1 aliphatic rings. The van der Waals surface area contributed by atoms with Gasteiger partial charge in [-0.15, -0.1) is 0 Å². The average Bonchev–Trinajstić information content (AvgIpc) is 2.61. The minimum absolute atomic E-state index is 0.802. The molecule has 2 aromatic rings. The molecule has 128 valence electrons. The first-order chi connectivity index (χ1) is 11.7. The number of piperazine rings is 1. The standard InChI is InChI=1S/C18H25N5O/c1-4-22-8-10-23(11-9-22)18-19-14(2)12-17(21-18)20-15-6-5-7-16(13-15)24-3/h5-7,12-13H,4,8-11H2,1-3H3,(H,19,20,21). The third-order valence-corrected chi connectivity index (χ3v) is 4.29. The van der Waals surface area contributed by atoms with E-state index in [0.29, 0.717) is 0 Å². The Balaban J connectivity index is 1.76. The minimum Gasteiger partial charge on any atom is -0.497 e. The van der Waals surface area contributed by atoms with Gasteiger partial charge in [0.2, 0.25) is 5.95 Å². The topological polar surface area (TPSA) is 53.5 Å². The Morgan fingerprint density at radius 2 is 1.92 bits per heavy atom. The molecule has 24 heavy (non-hydrogen) atoms. The van der Waals surface area contributed by atoms with Crippen molar-refractivity contribution in [1.82, 2.24) is 14.9 Å². The van der Waals surface area contributed by atoms with Crippen LogP contribution in [0.3, 0.4) is 0 Å². The van der Waals surface area contributed by atoms with Crippen LogP contribution in [0.15, 0.2) is 30.3 Å². The Hall–Kier alpha value is -2.34. The highest BCUT2D eigenvalue weighted by Gasteiger charge is 2.18. The van der Waals surface area contributed by atoms with Crippen molar-refractivity contribution in [3.05, 3.63) is 36.0 Å². The van der Waals surface area contributed by atoms with Gasteiger partial charge >= 0.3 is 0 Å². The van der Waals surface area contributed by atoms with Crippen molar-refractivity contribution in [1.29, 1.82) is 0 Å². The number of hydrogen-bond acceptors (Lipinski definition) is 6. The molecule has 1 aromatic carbocycles. The van der Waals surface area contributed by atoms with Gasteiger partial charge in [-0.3, -0.25) is 0 Å². The van der Waals surface area contributed by atoms with Gasteiger partial charge in [-0.2, -0.15) is 4.98 Å². The molecule has 1 aliphatic heterocycles. The van der Waals surface area contributed by atoms with E-state index in [1.165, 1.54) is 0 Å². The van der Waals surface area contributed by atoms with Crippen molar-refractivity contribution >= 4 is 17.5 Å². The van der Waals surface area contributed by atoms with Gasteiger partial charge in [-0.05, 0) is 25.6 Å². The van der Waals surface area contributed by atoms with E-state index in [4.69, 9.17) is 9.72 Å². The Morgan fingerprint density at radius 1 is 1.12 bits per heavy atom. The number of nitrogens with zero attached hydrogens (tertiary/aromatic N) is 4. The average molecular weight is 327 g/mol. The van der Waals surface area contributed by atoms with E-state index in [-0.39, 0.29) is 0 Å². The van der Waals surface area contributed by atoms with E-state index in [1.807, 2.05) is 37.3 Å². The summed E-state index contributed by atoms with van der Waals surface area (Å²) in [5.74, 6) is 2.43. The maximum atomic E-state index is 5.27. The quantitative estimate of drug-likeness (QED) is 0.911. The van der Waals surface area contributed by atoms with Crippen LogP contribution in [-0.2, 0) is 0 Å². The zero-order chi connectivity index (χ0) is 16.9. The van der Waals surface area contributed by atoms with Crippen LogP contribution >= 0.6 is 0 Å². The fourth-order valence-electron chi connectivity index (χ4n) is 2.87. The normalized spacial score (nSPS) is 15.4. The SMILES string of the molecule is CCN1CCN(c2nc(C)cc(Nc3cccc(OC)c3)n2)CC1. The van der Waals surface area contributed by atoms with Gasteiger partial charge in [0, 0.05) is 49.7 Å². The molecule has 0 unspecified atom stereocenters. The van der Waals surface area contributed by atoms with Crippen molar-refractivity contribution in [3.8, 4) is 5.75 Å². The molecule has 0 amide bonds. The molecular weight excluding hydrogens is 302 g/mol. The molecule has 1 saturated heterocycles. The number of rotatable bonds is 5. The molecule has 0 aliphatic carbocycles. The second-order valence-corrected chi connectivity index (χ2v) is 5.97. The van der Waals surface area contributed by atoms with Crippen LogP contribution in [0.25, 0.3) is 0 Å². The van der Waals surface area contributed by atoms with E-state index in [1.54, 1.807) is 7.11 Å². The first-order valence-corrected chi connectivity index (χ1v) is 8.42. The number of benzene rings is 1. The summed E-state index contributed by atoms with van der Waals surface area (Å²) in [5.41, 5.74) is 1.91. The maximum absolute atomic E-state index is 5.27. The van der Waals surface area contributed by atoms with Crippen LogP contribution in [0.1, 0.15) is 12.6 Å². The predicted molar refractivity (Wildman–Crippen MR) is 97.4 cm³/mol. The summed E-state index contributed by atoms with van der Waals surface area (Å²) in [6.45, 7) is 9.37. The number of anilines is 3. The molecule has 2 heterocycles. The van der Waals surface area contributed by atoms with E-state index >= 15 is 0 Å². The van der Waals surface area contributed by atoms with Gasteiger partial charge in [-0.1, -0.05) is 13.0 Å². The first kappa shape index (κ1) is 16.5. The molecule has 0 radical (unpaired) electrons. The maximum Gasteiger partial charge on any atom is 0.227 e. The summed E-state index contributed by atoms with van der Waals surface area (Å²) in [7, 11) is 1.67. The second-order valence-electron chi connectivity index (χ2n) is 5.97. The second kappa shape index (κ2) is 7.49. The summed E-state index contributed by atoms with van der Waals surface area (Å²) in [4.78, 5) is 14.0. The highest BCUT2D eigenvalue weighted by Crippen LogP contribution is 2.22. The van der Waals surface area contributed by atoms with Crippen LogP contribution in [0, 0.1) is 6.92 Å².